The van der Waals surface area contributed by atoms with Gasteiger partial charge < -0.3 is 0 Å². The van der Waals surface area contributed by atoms with Crippen LogP contribution in [0.5, 0.6) is 0 Å². The molecule has 0 aliphatic heterocycles. The first kappa shape index (κ1) is 14.2. The quantitative estimate of drug-likeness (QED) is 0.417. The van der Waals surface area contributed by atoms with Crippen molar-refractivity contribution in [2.45, 2.75) is 10.9 Å². The van der Waals surface area contributed by atoms with Crippen molar-refractivity contribution in [2.75, 3.05) is 0 Å². The van der Waals surface area contributed by atoms with Crippen LogP contribution in [-0.2, 0) is 5.75 Å². The first-order valence-corrected chi connectivity index (χ1v) is 7.33. The van der Waals surface area contributed by atoms with E-state index in [2.05, 4.69) is 9.97 Å². The Morgan fingerprint density at radius 1 is 1.18 bits per heavy atom. The topological polar surface area (TPSA) is 90.4 Å². The standard InChI is InChI=1S/C14H10N4O3S/c19-14-16-13(15-12-6-1-2-7-17(12)14)22-9-10-4-3-5-11(8-10)18(20)21/h1-8H,9H2. The van der Waals surface area contributed by atoms with Crippen LogP contribution in [0.3, 0.4) is 0 Å². The van der Waals surface area contributed by atoms with E-state index < -0.39 is 10.6 Å². The van der Waals surface area contributed by atoms with Crippen LogP contribution in [0.2, 0.25) is 0 Å². The molecule has 1 aromatic carbocycles. The lowest BCUT2D eigenvalue weighted by atomic mass is 10.2. The molecule has 7 nitrogen and oxygen atoms in total. The van der Waals surface area contributed by atoms with Gasteiger partial charge in [0.25, 0.3) is 5.69 Å². The molecule has 0 fully saturated rings. The number of benzene rings is 1. The van der Waals surface area contributed by atoms with Crippen molar-refractivity contribution in [1.29, 1.82) is 0 Å². The van der Waals surface area contributed by atoms with Crippen LogP contribution >= 0.6 is 11.8 Å². The Hall–Kier alpha value is -2.74. The first-order valence-electron chi connectivity index (χ1n) is 6.35. The second kappa shape index (κ2) is 5.94. The molecule has 0 aliphatic carbocycles. The third-order valence-electron chi connectivity index (χ3n) is 2.94. The van der Waals surface area contributed by atoms with E-state index in [-0.39, 0.29) is 5.69 Å². The van der Waals surface area contributed by atoms with Gasteiger partial charge in [0.2, 0.25) is 0 Å². The van der Waals surface area contributed by atoms with Gasteiger partial charge in [0, 0.05) is 24.1 Å². The van der Waals surface area contributed by atoms with Crippen LogP contribution in [0.4, 0.5) is 5.69 Å². The van der Waals surface area contributed by atoms with Crippen LogP contribution in [0.1, 0.15) is 5.56 Å². The molecule has 0 N–H and O–H groups in total. The maximum Gasteiger partial charge on any atom is 0.355 e. The van der Waals surface area contributed by atoms with E-state index in [4.69, 9.17) is 0 Å². The SMILES string of the molecule is O=c1nc(SCc2cccc([N+](=O)[O-])c2)nc2ccccn12. The van der Waals surface area contributed by atoms with Gasteiger partial charge in [0.15, 0.2) is 5.16 Å². The monoisotopic (exact) mass is 314 g/mol. The van der Waals surface area contributed by atoms with E-state index in [1.54, 1.807) is 36.5 Å². The molecule has 0 spiro atoms. The van der Waals surface area contributed by atoms with E-state index in [0.717, 1.165) is 5.56 Å². The maximum atomic E-state index is 11.9. The number of thioether (sulfide) groups is 1. The summed E-state index contributed by atoms with van der Waals surface area (Å²) >= 11 is 1.26. The fourth-order valence-electron chi connectivity index (χ4n) is 1.92. The van der Waals surface area contributed by atoms with Gasteiger partial charge >= 0.3 is 5.69 Å². The molecule has 0 saturated carbocycles. The number of pyridine rings is 1. The maximum absolute atomic E-state index is 11.9. The van der Waals surface area contributed by atoms with Crippen molar-refractivity contribution < 1.29 is 4.92 Å². The second-order valence-electron chi connectivity index (χ2n) is 4.43. The summed E-state index contributed by atoms with van der Waals surface area (Å²) in [4.78, 5) is 30.4. The number of rotatable bonds is 4. The van der Waals surface area contributed by atoms with Gasteiger partial charge in [-0.15, -0.1) is 0 Å². The van der Waals surface area contributed by atoms with Gasteiger partial charge in [-0.2, -0.15) is 4.98 Å². The number of hydrogen-bond donors (Lipinski definition) is 0. The fraction of sp³-hybridized carbons (Fsp3) is 0.0714. The predicted molar refractivity (Wildman–Crippen MR) is 81.9 cm³/mol. The smallest absolute Gasteiger partial charge is 0.258 e. The summed E-state index contributed by atoms with van der Waals surface area (Å²) in [7, 11) is 0. The zero-order valence-electron chi connectivity index (χ0n) is 11.2. The minimum Gasteiger partial charge on any atom is -0.258 e. The number of aromatic nitrogens is 3. The molecule has 0 saturated heterocycles. The van der Waals surface area contributed by atoms with E-state index >= 15 is 0 Å². The van der Waals surface area contributed by atoms with Gasteiger partial charge in [0.1, 0.15) is 5.65 Å². The highest BCUT2D eigenvalue weighted by Crippen LogP contribution is 2.21. The Morgan fingerprint density at radius 2 is 2.05 bits per heavy atom. The summed E-state index contributed by atoms with van der Waals surface area (Å²) in [6.07, 6.45) is 1.60. The number of nitro benzene ring substituents is 1. The summed E-state index contributed by atoms with van der Waals surface area (Å²) in [6, 6.07) is 11.6. The van der Waals surface area contributed by atoms with Crippen LogP contribution in [0.25, 0.3) is 5.65 Å². The minimum absolute atomic E-state index is 0.0394. The van der Waals surface area contributed by atoms with Gasteiger partial charge in [-0.3, -0.25) is 14.5 Å². The molecule has 0 bridgehead atoms. The van der Waals surface area contributed by atoms with Crippen molar-refractivity contribution in [3.8, 4) is 0 Å². The van der Waals surface area contributed by atoms with Gasteiger partial charge in [-0.05, 0) is 17.7 Å². The highest BCUT2D eigenvalue weighted by molar-refractivity contribution is 7.98. The number of hydrogen-bond acceptors (Lipinski definition) is 6. The minimum atomic E-state index is -0.437. The Bertz CT molecular complexity index is 910. The van der Waals surface area contributed by atoms with E-state index in [1.165, 1.54) is 28.3 Å². The van der Waals surface area contributed by atoms with Crippen LogP contribution < -0.4 is 5.69 Å². The summed E-state index contributed by atoms with van der Waals surface area (Å²) in [6.45, 7) is 0. The largest absolute Gasteiger partial charge is 0.355 e. The molecule has 0 aliphatic rings. The third kappa shape index (κ3) is 2.96. The number of nitrogens with zero attached hydrogens (tertiary/aromatic N) is 4. The Labute approximate surface area is 128 Å². The molecular weight excluding hydrogens is 304 g/mol. The predicted octanol–water partition coefficient (Wildman–Crippen LogP) is 2.29. The van der Waals surface area contributed by atoms with Gasteiger partial charge in [0.05, 0.1) is 4.92 Å². The second-order valence-corrected chi connectivity index (χ2v) is 5.38. The van der Waals surface area contributed by atoms with Crippen molar-refractivity contribution in [3.05, 3.63) is 74.8 Å². The van der Waals surface area contributed by atoms with Crippen molar-refractivity contribution in [3.63, 3.8) is 0 Å². The molecule has 2 aromatic heterocycles. The first-order chi connectivity index (χ1) is 10.6. The molecule has 3 aromatic rings. The van der Waals surface area contributed by atoms with Crippen molar-refractivity contribution >= 4 is 23.1 Å². The molecule has 0 atom stereocenters. The molecule has 110 valence electrons. The van der Waals surface area contributed by atoms with Crippen molar-refractivity contribution in [2.24, 2.45) is 0 Å². The summed E-state index contributed by atoms with van der Waals surface area (Å²) in [5.41, 5.74) is 0.935. The number of non-ortho nitro benzene ring substituents is 1. The average Bonchev–Trinajstić information content (AvgIpc) is 2.53. The Morgan fingerprint density at radius 3 is 2.86 bits per heavy atom. The molecule has 0 radical (unpaired) electrons. The average molecular weight is 314 g/mol. The molecule has 8 heteroatoms. The molecule has 2 heterocycles. The van der Waals surface area contributed by atoms with E-state index in [1.807, 2.05) is 0 Å². The lowest BCUT2D eigenvalue weighted by molar-refractivity contribution is -0.384. The molecule has 0 amide bonds. The van der Waals surface area contributed by atoms with Crippen LogP contribution in [0.15, 0.2) is 58.6 Å². The summed E-state index contributed by atoms with van der Waals surface area (Å²) < 4.78 is 1.36. The zero-order valence-corrected chi connectivity index (χ0v) is 12.1. The summed E-state index contributed by atoms with van der Waals surface area (Å²) in [5, 5.41) is 11.1. The van der Waals surface area contributed by atoms with Gasteiger partial charge in [-0.25, -0.2) is 9.78 Å². The summed E-state index contributed by atoms with van der Waals surface area (Å²) in [5.74, 6) is 0.449. The van der Waals surface area contributed by atoms with E-state index in [0.29, 0.717) is 16.6 Å². The van der Waals surface area contributed by atoms with Crippen LogP contribution in [-0.4, -0.2) is 19.3 Å². The number of nitro groups is 1. The highest BCUT2D eigenvalue weighted by atomic mass is 32.2. The molecule has 3 rings (SSSR count). The van der Waals surface area contributed by atoms with Crippen LogP contribution in [0, 0.1) is 10.1 Å². The lowest BCUT2D eigenvalue weighted by Gasteiger charge is -2.03. The Balaban J connectivity index is 1.83. The lowest BCUT2D eigenvalue weighted by Crippen LogP contribution is -2.18. The normalized spacial score (nSPS) is 10.7. The molecule has 0 unspecified atom stereocenters. The Kier molecular flexibility index (Phi) is 3.84. The molecule has 22 heavy (non-hydrogen) atoms. The third-order valence-corrected chi connectivity index (χ3v) is 3.85. The van der Waals surface area contributed by atoms with Gasteiger partial charge in [-0.1, -0.05) is 30.0 Å². The van der Waals surface area contributed by atoms with E-state index in [9.17, 15) is 14.9 Å². The number of fused-ring (bicyclic) bond motifs is 1. The molecular formula is C14H10N4O3S. The fourth-order valence-corrected chi connectivity index (χ4v) is 2.69. The highest BCUT2D eigenvalue weighted by Gasteiger charge is 2.08. The van der Waals surface area contributed by atoms with Crippen molar-refractivity contribution in [1.82, 2.24) is 14.4 Å². The zero-order chi connectivity index (χ0) is 15.5.